The quantitative estimate of drug-likeness (QED) is 0.734. The molecule has 1 heterocycles. The molecule has 5 nitrogen and oxygen atoms in total. The molecule has 0 spiro atoms. The number of piperazine rings is 1. The van der Waals surface area contributed by atoms with Crippen molar-refractivity contribution < 1.29 is 13.2 Å². The second-order valence-electron chi connectivity index (χ2n) is 6.57. The molecule has 1 saturated heterocycles. The third-order valence-electron chi connectivity index (χ3n) is 4.78. The van der Waals surface area contributed by atoms with Gasteiger partial charge in [0.25, 0.3) is 0 Å². The van der Waals surface area contributed by atoms with Gasteiger partial charge >= 0.3 is 0 Å². The number of hydrogen-bond donors (Lipinski definition) is 0. The van der Waals surface area contributed by atoms with Crippen LogP contribution in [-0.2, 0) is 10.0 Å². The van der Waals surface area contributed by atoms with Gasteiger partial charge in [0.05, 0.1) is 12.1 Å². The highest BCUT2D eigenvalue weighted by Gasteiger charge is 2.32. The van der Waals surface area contributed by atoms with Crippen molar-refractivity contribution in [2.45, 2.75) is 18.7 Å². The van der Waals surface area contributed by atoms with Gasteiger partial charge in [0, 0.05) is 31.9 Å². The van der Waals surface area contributed by atoms with Crippen molar-refractivity contribution >= 4 is 38.9 Å². The number of aryl methyl sites for hydroxylation is 2. The lowest BCUT2D eigenvalue weighted by Gasteiger charge is -2.36. The summed E-state index contributed by atoms with van der Waals surface area (Å²) in [6.07, 6.45) is 0. The molecule has 1 fully saturated rings. The normalized spacial score (nSPS) is 15.8. The van der Waals surface area contributed by atoms with Crippen LogP contribution in [0.25, 0.3) is 0 Å². The van der Waals surface area contributed by atoms with Crippen molar-refractivity contribution in [2.24, 2.45) is 0 Å². The van der Waals surface area contributed by atoms with Gasteiger partial charge < -0.3 is 9.64 Å². The van der Waals surface area contributed by atoms with Gasteiger partial charge in [-0.1, -0.05) is 35.3 Å². The van der Waals surface area contributed by atoms with Gasteiger partial charge in [-0.25, -0.2) is 8.42 Å². The van der Waals surface area contributed by atoms with E-state index >= 15 is 0 Å². The highest BCUT2D eigenvalue weighted by molar-refractivity contribution is 7.89. The number of halogens is 2. The van der Waals surface area contributed by atoms with E-state index in [1.165, 1.54) is 34.7 Å². The zero-order valence-electron chi connectivity index (χ0n) is 15.5. The maximum atomic E-state index is 13.1. The first kappa shape index (κ1) is 20.3. The van der Waals surface area contributed by atoms with Crippen LogP contribution in [0.1, 0.15) is 11.1 Å². The Morgan fingerprint density at radius 2 is 1.67 bits per heavy atom. The maximum Gasteiger partial charge on any atom is 0.246 e. The predicted molar refractivity (Wildman–Crippen MR) is 110 cm³/mol. The van der Waals surface area contributed by atoms with Crippen LogP contribution < -0.4 is 9.64 Å². The second-order valence-corrected chi connectivity index (χ2v) is 9.27. The van der Waals surface area contributed by atoms with Gasteiger partial charge in [-0.05, 0) is 43.2 Å². The van der Waals surface area contributed by atoms with Crippen molar-refractivity contribution in [3.63, 3.8) is 0 Å². The van der Waals surface area contributed by atoms with E-state index in [2.05, 4.69) is 36.9 Å². The standard InChI is InChI=1S/C19H22Cl2N2O3S/c1-13-4-5-14(2)16(12-13)22-8-10-23(11-9-22)27(24,25)17-7-6-15(20)18(21)19(17)26-3/h4-7,12H,8-11H2,1-3H3. The summed E-state index contributed by atoms with van der Waals surface area (Å²) in [4.78, 5) is 2.26. The van der Waals surface area contributed by atoms with Crippen LogP contribution in [0.15, 0.2) is 35.2 Å². The molecule has 8 heteroatoms. The highest BCUT2D eigenvalue weighted by atomic mass is 35.5. The van der Waals surface area contributed by atoms with Gasteiger partial charge in [0.1, 0.15) is 9.92 Å². The smallest absolute Gasteiger partial charge is 0.246 e. The molecule has 0 saturated carbocycles. The van der Waals surface area contributed by atoms with Crippen LogP contribution in [0, 0.1) is 13.8 Å². The summed E-state index contributed by atoms with van der Waals surface area (Å²) in [6.45, 7) is 6.14. The van der Waals surface area contributed by atoms with Crippen LogP contribution in [-0.4, -0.2) is 46.0 Å². The lowest BCUT2D eigenvalue weighted by molar-refractivity contribution is 0.374. The zero-order valence-corrected chi connectivity index (χ0v) is 17.8. The molecule has 3 rings (SSSR count). The van der Waals surface area contributed by atoms with E-state index in [1.54, 1.807) is 0 Å². The van der Waals surface area contributed by atoms with Crippen molar-refractivity contribution in [1.82, 2.24) is 4.31 Å². The molecule has 0 atom stereocenters. The summed E-state index contributed by atoms with van der Waals surface area (Å²) < 4.78 is 32.9. The molecule has 0 aromatic heterocycles. The Hall–Kier alpha value is -1.47. The molecule has 27 heavy (non-hydrogen) atoms. The Balaban J connectivity index is 1.83. The molecule has 2 aromatic rings. The molecule has 0 bridgehead atoms. The Labute approximate surface area is 170 Å². The van der Waals surface area contributed by atoms with Crippen molar-refractivity contribution in [3.8, 4) is 5.75 Å². The fourth-order valence-electron chi connectivity index (χ4n) is 3.28. The summed E-state index contributed by atoms with van der Waals surface area (Å²) in [5.41, 5.74) is 3.52. The number of benzene rings is 2. The van der Waals surface area contributed by atoms with Crippen LogP contribution >= 0.6 is 23.2 Å². The lowest BCUT2D eigenvalue weighted by atomic mass is 10.1. The first-order chi connectivity index (χ1) is 12.8. The molecule has 0 amide bonds. The molecule has 0 aliphatic carbocycles. The van der Waals surface area contributed by atoms with Gasteiger partial charge in [-0.3, -0.25) is 0 Å². The average Bonchev–Trinajstić information content (AvgIpc) is 2.65. The number of hydrogen-bond acceptors (Lipinski definition) is 4. The number of nitrogens with zero attached hydrogens (tertiary/aromatic N) is 2. The fourth-order valence-corrected chi connectivity index (χ4v) is 5.30. The van der Waals surface area contributed by atoms with E-state index in [9.17, 15) is 8.42 Å². The Morgan fingerprint density at radius 3 is 2.30 bits per heavy atom. The topological polar surface area (TPSA) is 49.9 Å². The molecule has 0 radical (unpaired) electrons. The van der Waals surface area contributed by atoms with Crippen LogP contribution in [0.4, 0.5) is 5.69 Å². The summed E-state index contributed by atoms with van der Waals surface area (Å²) >= 11 is 12.1. The average molecular weight is 429 g/mol. The molecular formula is C19H22Cl2N2O3S. The third-order valence-corrected chi connectivity index (χ3v) is 7.49. The SMILES string of the molecule is COc1c(S(=O)(=O)N2CCN(c3cc(C)ccc3C)CC2)ccc(Cl)c1Cl. The molecule has 2 aromatic carbocycles. The third kappa shape index (κ3) is 3.90. The van der Waals surface area contributed by atoms with Crippen molar-refractivity contribution in [1.29, 1.82) is 0 Å². The highest BCUT2D eigenvalue weighted by Crippen LogP contribution is 2.38. The van der Waals surface area contributed by atoms with E-state index < -0.39 is 10.0 Å². The monoisotopic (exact) mass is 428 g/mol. The van der Waals surface area contributed by atoms with Crippen LogP contribution in [0.5, 0.6) is 5.75 Å². The van der Waals surface area contributed by atoms with Gasteiger partial charge in [0.2, 0.25) is 10.0 Å². The van der Waals surface area contributed by atoms with E-state index in [-0.39, 0.29) is 20.7 Å². The minimum absolute atomic E-state index is 0.0413. The minimum atomic E-state index is -3.73. The number of methoxy groups -OCH3 is 1. The number of ether oxygens (including phenoxy) is 1. The Bertz CT molecular complexity index is 956. The molecule has 0 unspecified atom stereocenters. The summed E-state index contributed by atoms with van der Waals surface area (Å²) in [6, 6.07) is 9.23. The molecule has 1 aliphatic rings. The number of sulfonamides is 1. The fraction of sp³-hybridized carbons (Fsp3) is 0.368. The van der Waals surface area contributed by atoms with Crippen LogP contribution in [0.2, 0.25) is 10.0 Å². The molecule has 0 N–H and O–H groups in total. The first-order valence-electron chi connectivity index (χ1n) is 8.60. The van der Waals surface area contributed by atoms with E-state index in [1.807, 2.05) is 0 Å². The second kappa shape index (κ2) is 7.87. The molecular weight excluding hydrogens is 407 g/mol. The van der Waals surface area contributed by atoms with Crippen molar-refractivity contribution in [3.05, 3.63) is 51.5 Å². The van der Waals surface area contributed by atoms with E-state index in [0.717, 1.165) is 5.69 Å². The van der Waals surface area contributed by atoms with Gasteiger partial charge in [0.15, 0.2) is 5.75 Å². The Morgan fingerprint density at radius 1 is 1.00 bits per heavy atom. The maximum absolute atomic E-state index is 13.1. The van der Waals surface area contributed by atoms with Gasteiger partial charge in [-0.2, -0.15) is 4.31 Å². The summed E-state index contributed by atoms with van der Waals surface area (Å²) in [5, 5.41) is 0.362. The largest absolute Gasteiger partial charge is 0.494 e. The van der Waals surface area contributed by atoms with E-state index in [0.29, 0.717) is 26.2 Å². The van der Waals surface area contributed by atoms with Crippen LogP contribution in [0.3, 0.4) is 0 Å². The Kier molecular flexibility index (Phi) is 5.91. The minimum Gasteiger partial charge on any atom is -0.494 e. The summed E-state index contributed by atoms with van der Waals surface area (Å²) in [7, 11) is -2.35. The summed E-state index contributed by atoms with van der Waals surface area (Å²) in [5.74, 6) is 0.0844. The predicted octanol–water partition coefficient (Wildman–Crippen LogP) is 4.13. The molecule has 1 aliphatic heterocycles. The lowest BCUT2D eigenvalue weighted by Crippen LogP contribution is -2.48. The van der Waals surface area contributed by atoms with Crippen molar-refractivity contribution in [2.75, 3.05) is 38.2 Å². The zero-order chi connectivity index (χ0) is 19.8. The first-order valence-corrected chi connectivity index (χ1v) is 10.8. The number of rotatable bonds is 4. The van der Waals surface area contributed by atoms with E-state index in [4.69, 9.17) is 27.9 Å². The number of anilines is 1. The molecule has 146 valence electrons. The van der Waals surface area contributed by atoms with Gasteiger partial charge in [-0.15, -0.1) is 0 Å².